The van der Waals surface area contributed by atoms with Crippen LogP contribution in [0.2, 0.25) is 0 Å². The summed E-state index contributed by atoms with van der Waals surface area (Å²) in [7, 11) is 0. The first-order chi connectivity index (χ1) is 13.1. The maximum Gasteiger partial charge on any atom is 0.317 e. The van der Waals surface area contributed by atoms with Crippen molar-refractivity contribution in [3.63, 3.8) is 0 Å². The lowest BCUT2D eigenvalue weighted by Gasteiger charge is -2.34. The van der Waals surface area contributed by atoms with E-state index in [2.05, 4.69) is 10.6 Å². The minimum Gasteiger partial charge on any atom is -0.352 e. The average molecular weight is 375 g/mol. The normalized spacial score (nSPS) is 18.9. The second kappa shape index (κ2) is 9.72. The van der Waals surface area contributed by atoms with Crippen molar-refractivity contribution in [1.82, 2.24) is 15.5 Å². The molecule has 3 amide bonds. The number of urea groups is 1. The highest BCUT2D eigenvalue weighted by molar-refractivity contribution is 5.94. The molecule has 5 nitrogen and oxygen atoms in total. The predicted molar refractivity (Wildman–Crippen MR) is 103 cm³/mol. The van der Waals surface area contributed by atoms with E-state index >= 15 is 0 Å². The summed E-state index contributed by atoms with van der Waals surface area (Å²) in [5.41, 5.74) is 0.351. The largest absolute Gasteiger partial charge is 0.352 e. The van der Waals surface area contributed by atoms with Gasteiger partial charge in [0, 0.05) is 31.2 Å². The molecular weight excluding hydrogens is 345 g/mol. The fourth-order valence-corrected chi connectivity index (χ4v) is 4.06. The van der Waals surface area contributed by atoms with E-state index < -0.39 is 5.82 Å². The SMILES string of the molecule is O=C(NCCC1CCN(C(=O)NC2CCCCC2)CC1)c1cccc(F)c1. The molecular formula is C21H30FN3O2. The van der Waals surface area contributed by atoms with Crippen molar-refractivity contribution in [3.8, 4) is 0 Å². The summed E-state index contributed by atoms with van der Waals surface area (Å²) >= 11 is 0. The predicted octanol–water partition coefficient (Wildman–Crippen LogP) is 3.70. The molecule has 0 aromatic heterocycles. The van der Waals surface area contributed by atoms with Crippen molar-refractivity contribution in [2.75, 3.05) is 19.6 Å². The number of halogens is 1. The van der Waals surface area contributed by atoms with E-state index in [1.807, 2.05) is 4.90 Å². The van der Waals surface area contributed by atoms with E-state index in [1.165, 1.54) is 31.4 Å². The Morgan fingerprint density at radius 1 is 1.07 bits per heavy atom. The van der Waals surface area contributed by atoms with Crippen molar-refractivity contribution in [2.45, 2.75) is 57.4 Å². The van der Waals surface area contributed by atoms with Crippen LogP contribution in [0.3, 0.4) is 0 Å². The molecule has 1 aliphatic carbocycles. The minimum atomic E-state index is -0.401. The highest BCUT2D eigenvalue weighted by Crippen LogP contribution is 2.21. The van der Waals surface area contributed by atoms with E-state index in [-0.39, 0.29) is 11.9 Å². The van der Waals surface area contributed by atoms with Crippen LogP contribution >= 0.6 is 0 Å². The summed E-state index contributed by atoms with van der Waals surface area (Å²) in [6.45, 7) is 2.14. The monoisotopic (exact) mass is 375 g/mol. The maximum absolute atomic E-state index is 13.2. The number of hydrogen-bond donors (Lipinski definition) is 2. The first-order valence-corrected chi connectivity index (χ1v) is 10.2. The summed E-state index contributed by atoms with van der Waals surface area (Å²) in [5, 5.41) is 6.05. The molecule has 1 heterocycles. The molecule has 0 atom stereocenters. The Morgan fingerprint density at radius 2 is 1.81 bits per heavy atom. The lowest BCUT2D eigenvalue weighted by molar-refractivity contribution is 0.0949. The Labute approximate surface area is 160 Å². The van der Waals surface area contributed by atoms with Gasteiger partial charge in [0.1, 0.15) is 5.82 Å². The lowest BCUT2D eigenvalue weighted by atomic mass is 9.93. The molecule has 2 N–H and O–H groups in total. The first-order valence-electron chi connectivity index (χ1n) is 10.2. The molecule has 27 heavy (non-hydrogen) atoms. The Kier molecular flexibility index (Phi) is 7.07. The number of hydrogen-bond acceptors (Lipinski definition) is 2. The zero-order chi connectivity index (χ0) is 19.1. The molecule has 1 aromatic carbocycles. The molecule has 2 aliphatic rings. The van der Waals surface area contributed by atoms with E-state index in [9.17, 15) is 14.0 Å². The van der Waals surface area contributed by atoms with Crippen LogP contribution in [-0.4, -0.2) is 42.5 Å². The van der Waals surface area contributed by atoms with Gasteiger partial charge in [-0.25, -0.2) is 9.18 Å². The number of carbonyl (C=O) groups is 2. The van der Waals surface area contributed by atoms with Crippen LogP contribution in [0.4, 0.5) is 9.18 Å². The summed E-state index contributed by atoms with van der Waals surface area (Å²) in [5.74, 6) is -0.128. The summed E-state index contributed by atoms with van der Waals surface area (Å²) in [4.78, 5) is 26.3. The van der Waals surface area contributed by atoms with E-state index in [4.69, 9.17) is 0 Å². The van der Waals surface area contributed by atoms with E-state index in [0.717, 1.165) is 45.2 Å². The van der Waals surface area contributed by atoms with Crippen LogP contribution in [0.1, 0.15) is 61.7 Å². The number of benzene rings is 1. The van der Waals surface area contributed by atoms with Gasteiger partial charge in [-0.2, -0.15) is 0 Å². The van der Waals surface area contributed by atoms with Gasteiger partial charge in [0.25, 0.3) is 5.91 Å². The fourth-order valence-electron chi connectivity index (χ4n) is 4.06. The highest BCUT2D eigenvalue weighted by atomic mass is 19.1. The van der Waals surface area contributed by atoms with Crippen LogP contribution in [0, 0.1) is 11.7 Å². The quantitative estimate of drug-likeness (QED) is 0.824. The standard InChI is InChI=1S/C21H30FN3O2/c22-18-6-4-5-17(15-18)20(26)23-12-9-16-10-13-25(14-11-16)21(27)24-19-7-2-1-3-8-19/h4-6,15-16,19H,1-3,7-14H2,(H,23,26)(H,24,27). The molecule has 3 rings (SSSR count). The number of nitrogens with zero attached hydrogens (tertiary/aromatic N) is 1. The summed E-state index contributed by atoms with van der Waals surface area (Å²) in [6.07, 6.45) is 8.75. The van der Waals surface area contributed by atoms with Gasteiger partial charge in [-0.15, -0.1) is 0 Å². The smallest absolute Gasteiger partial charge is 0.317 e. The molecule has 1 saturated heterocycles. The molecule has 0 bridgehead atoms. The van der Waals surface area contributed by atoms with Crippen LogP contribution in [0.15, 0.2) is 24.3 Å². The number of likely N-dealkylation sites (tertiary alicyclic amines) is 1. The number of rotatable bonds is 5. The molecule has 0 spiro atoms. The van der Waals surface area contributed by atoms with Gasteiger partial charge in [-0.1, -0.05) is 25.3 Å². The first kappa shape index (κ1) is 19.6. The minimum absolute atomic E-state index is 0.0831. The van der Waals surface area contributed by atoms with Crippen molar-refractivity contribution in [3.05, 3.63) is 35.6 Å². The van der Waals surface area contributed by atoms with Crippen molar-refractivity contribution >= 4 is 11.9 Å². The van der Waals surface area contributed by atoms with Gasteiger partial charge in [0.15, 0.2) is 0 Å². The second-order valence-corrected chi connectivity index (χ2v) is 7.77. The third kappa shape index (κ3) is 5.94. The number of piperidine rings is 1. The van der Waals surface area contributed by atoms with Gasteiger partial charge in [-0.3, -0.25) is 4.79 Å². The molecule has 1 aromatic rings. The van der Waals surface area contributed by atoms with Crippen LogP contribution in [-0.2, 0) is 0 Å². The Morgan fingerprint density at radius 3 is 2.52 bits per heavy atom. The third-order valence-corrected chi connectivity index (χ3v) is 5.76. The third-order valence-electron chi connectivity index (χ3n) is 5.76. The van der Waals surface area contributed by atoms with Gasteiger partial charge in [0.05, 0.1) is 0 Å². The van der Waals surface area contributed by atoms with Crippen LogP contribution in [0.25, 0.3) is 0 Å². The van der Waals surface area contributed by atoms with Crippen LogP contribution < -0.4 is 10.6 Å². The Hall–Kier alpha value is -2.11. The summed E-state index contributed by atoms with van der Waals surface area (Å²) in [6, 6.07) is 6.16. The summed E-state index contributed by atoms with van der Waals surface area (Å²) < 4.78 is 13.2. The Bertz CT molecular complexity index is 638. The Balaban J connectivity index is 1.33. The van der Waals surface area contributed by atoms with E-state index in [1.54, 1.807) is 12.1 Å². The molecule has 1 saturated carbocycles. The lowest BCUT2D eigenvalue weighted by Crippen LogP contribution is -2.48. The van der Waals surface area contributed by atoms with Gasteiger partial charge < -0.3 is 15.5 Å². The van der Waals surface area contributed by atoms with Crippen molar-refractivity contribution in [2.24, 2.45) is 5.92 Å². The van der Waals surface area contributed by atoms with Gasteiger partial charge >= 0.3 is 6.03 Å². The number of nitrogens with one attached hydrogen (secondary N) is 2. The van der Waals surface area contributed by atoms with Crippen molar-refractivity contribution < 1.29 is 14.0 Å². The fraction of sp³-hybridized carbons (Fsp3) is 0.619. The number of carbonyl (C=O) groups excluding carboxylic acids is 2. The molecule has 148 valence electrons. The number of amides is 3. The highest BCUT2D eigenvalue weighted by Gasteiger charge is 2.24. The van der Waals surface area contributed by atoms with Gasteiger partial charge in [0.2, 0.25) is 0 Å². The molecule has 6 heteroatoms. The zero-order valence-electron chi connectivity index (χ0n) is 15.9. The molecule has 2 fully saturated rings. The topological polar surface area (TPSA) is 61.4 Å². The van der Waals surface area contributed by atoms with Gasteiger partial charge in [-0.05, 0) is 56.2 Å². The average Bonchev–Trinajstić information content (AvgIpc) is 2.69. The zero-order valence-corrected chi connectivity index (χ0v) is 15.9. The van der Waals surface area contributed by atoms with E-state index in [0.29, 0.717) is 24.1 Å². The maximum atomic E-state index is 13.2. The molecule has 0 radical (unpaired) electrons. The molecule has 0 unspecified atom stereocenters. The van der Waals surface area contributed by atoms with Crippen LogP contribution in [0.5, 0.6) is 0 Å². The second-order valence-electron chi connectivity index (χ2n) is 7.77. The molecule has 1 aliphatic heterocycles. The van der Waals surface area contributed by atoms with Crippen molar-refractivity contribution in [1.29, 1.82) is 0 Å².